The molecule has 1 aromatic carbocycles. The summed E-state index contributed by atoms with van der Waals surface area (Å²) in [4.78, 5) is 20.7. The van der Waals surface area contributed by atoms with Gasteiger partial charge in [-0.05, 0) is 23.6 Å². The van der Waals surface area contributed by atoms with Gasteiger partial charge in [0.1, 0.15) is 5.75 Å². The number of nitrogens with one attached hydrogen (secondary N) is 1. The Labute approximate surface area is 167 Å². The number of hydrogen-bond donors (Lipinski definition) is 1. The molecule has 1 saturated heterocycles. The Kier molecular flexibility index (Phi) is 8.28. The summed E-state index contributed by atoms with van der Waals surface area (Å²) in [5.41, 5.74) is 1.11. The Morgan fingerprint density at radius 2 is 2.07 bits per heavy atom. The van der Waals surface area contributed by atoms with Crippen LogP contribution in [0.25, 0.3) is 0 Å². The van der Waals surface area contributed by atoms with Crippen molar-refractivity contribution in [1.29, 1.82) is 0 Å². The van der Waals surface area contributed by atoms with Crippen molar-refractivity contribution >= 4 is 23.6 Å². The van der Waals surface area contributed by atoms with Gasteiger partial charge in [-0.15, -0.1) is 0 Å². The molecule has 0 saturated carbocycles. The van der Waals surface area contributed by atoms with E-state index in [1.807, 2.05) is 36.0 Å². The molecule has 0 bridgehead atoms. The Bertz CT molecular complexity index is 631. The molecule has 150 valence electrons. The van der Waals surface area contributed by atoms with Gasteiger partial charge in [-0.1, -0.05) is 26.0 Å². The number of ether oxygens (including phenoxy) is 1. The van der Waals surface area contributed by atoms with Gasteiger partial charge in [-0.2, -0.15) is 11.8 Å². The molecule has 0 spiro atoms. The highest BCUT2D eigenvalue weighted by molar-refractivity contribution is 8.00. The fourth-order valence-corrected chi connectivity index (χ4v) is 4.05. The summed E-state index contributed by atoms with van der Waals surface area (Å²) < 4.78 is 5.21. The van der Waals surface area contributed by atoms with Crippen molar-refractivity contribution in [2.45, 2.75) is 25.6 Å². The van der Waals surface area contributed by atoms with Crippen LogP contribution in [0.4, 0.5) is 0 Å². The van der Waals surface area contributed by atoms with Gasteiger partial charge in [0.25, 0.3) is 0 Å². The van der Waals surface area contributed by atoms with E-state index < -0.39 is 0 Å². The van der Waals surface area contributed by atoms with Crippen molar-refractivity contribution in [1.82, 2.24) is 15.1 Å². The molecule has 1 heterocycles. The zero-order valence-electron chi connectivity index (χ0n) is 17.1. The van der Waals surface area contributed by atoms with Crippen LogP contribution in [0.3, 0.4) is 0 Å². The van der Waals surface area contributed by atoms with Crippen molar-refractivity contribution in [3.05, 3.63) is 29.8 Å². The van der Waals surface area contributed by atoms with Crippen molar-refractivity contribution in [2.24, 2.45) is 10.9 Å². The smallest absolute Gasteiger partial charge is 0.241 e. The van der Waals surface area contributed by atoms with Crippen LogP contribution in [0, 0.1) is 5.92 Å². The van der Waals surface area contributed by atoms with E-state index in [4.69, 9.17) is 9.73 Å². The number of rotatable bonds is 6. The summed E-state index contributed by atoms with van der Waals surface area (Å²) in [5, 5.41) is 3.85. The molecule has 1 aliphatic heterocycles. The lowest BCUT2D eigenvalue weighted by Gasteiger charge is -2.36. The van der Waals surface area contributed by atoms with E-state index in [0.29, 0.717) is 17.7 Å². The van der Waals surface area contributed by atoms with Gasteiger partial charge in [0, 0.05) is 38.2 Å². The maximum atomic E-state index is 12.0. The third kappa shape index (κ3) is 6.65. The van der Waals surface area contributed by atoms with E-state index in [0.717, 1.165) is 36.1 Å². The Balaban J connectivity index is 2.10. The SMILES string of the molecule is COc1ccc(CN=C(NCC(=O)N(C)C)N2CCSC(C(C)C)C2)cc1. The Morgan fingerprint density at radius 1 is 1.37 bits per heavy atom. The van der Waals surface area contributed by atoms with Crippen LogP contribution in [0.5, 0.6) is 5.75 Å². The standard InChI is InChI=1S/C20H32N4O2S/c1-15(2)18-14-24(10-11-27-18)20(22-13-19(25)23(3)4)21-12-16-6-8-17(26-5)9-7-16/h6-9,15,18H,10-14H2,1-5H3,(H,21,22). The number of carbonyl (C=O) groups is 1. The molecule has 1 N–H and O–H groups in total. The normalized spacial score (nSPS) is 17.8. The van der Waals surface area contributed by atoms with Gasteiger partial charge in [-0.25, -0.2) is 4.99 Å². The fourth-order valence-electron chi connectivity index (χ4n) is 2.75. The summed E-state index contributed by atoms with van der Waals surface area (Å²) in [6.45, 7) is 7.24. The minimum absolute atomic E-state index is 0.0407. The van der Waals surface area contributed by atoms with E-state index in [1.54, 1.807) is 26.1 Å². The van der Waals surface area contributed by atoms with Gasteiger partial charge in [0.05, 0.1) is 20.2 Å². The first-order valence-corrected chi connectivity index (χ1v) is 10.4. The number of amides is 1. The molecule has 2 rings (SSSR count). The molecule has 27 heavy (non-hydrogen) atoms. The third-order valence-electron chi connectivity index (χ3n) is 4.60. The fraction of sp³-hybridized carbons (Fsp3) is 0.600. The molecule has 7 heteroatoms. The van der Waals surface area contributed by atoms with Crippen molar-refractivity contribution in [3.8, 4) is 5.75 Å². The Morgan fingerprint density at radius 3 is 2.67 bits per heavy atom. The van der Waals surface area contributed by atoms with Crippen molar-refractivity contribution < 1.29 is 9.53 Å². The third-order valence-corrected chi connectivity index (χ3v) is 6.14. The van der Waals surface area contributed by atoms with Crippen molar-refractivity contribution in [2.75, 3.05) is 46.6 Å². The van der Waals surface area contributed by atoms with Crippen LogP contribution in [0.15, 0.2) is 29.3 Å². The van der Waals surface area contributed by atoms with E-state index in [2.05, 4.69) is 24.1 Å². The van der Waals surface area contributed by atoms with Crippen molar-refractivity contribution in [3.63, 3.8) is 0 Å². The molecule has 0 aromatic heterocycles. The monoisotopic (exact) mass is 392 g/mol. The van der Waals surface area contributed by atoms with E-state index in [-0.39, 0.29) is 12.5 Å². The lowest BCUT2D eigenvalue weighted by molar-refractivity contribution is -0.127. The highest BCUT2D eigenvalue weighted by atomic mass is 32.2. The molecule has 1 amide bonds. The second kappa shape index (κ2) is 10.4. The average Bonchev–Trinajstić information content (AvgIpc) is 2.68. The second-order valence-electron chi connectivity index (χ2n) is 7.23. The number of hydrogen-bond acceptors (Lipinski definition) is 4. The number of carbonyl (C=O) groups excluding carboxylic acids is 1. The lowest BCUT2D eigenvalue weighted by atomic mass is 10.1. The van der Waals surface area contributed by atoms with Gasteiger partial charge in [0.2, 0.25) is 5.91 Å². The first kappa shape index (κ1) is 21.4. The van der Waals surface area contributed by atoms with Gasteiger partial charge >= 0.3 is 0 Å². The largest absolute Gasteiger partial charge is 0.497 e. The second-order valence-corrected chi connectivity index (χ2v) is 8.58. The number of likely N-dealkylation sites (N-methyl/N-ethyl adjacent to an activating group) is 1. The highest BCUT2D eigenvalue weighted by Crippen LogP contribution is 2.25. The maximum absolute atomic E-state index is 12.0. The zero-order chi connectivity index (χ0) is 19.8. The van der Waals surface area contributed by atoms with Crippen LogP contribution < -0.4 is 10.1 Å². The molecule has 1 atom stereocenters. The Hall–Kier alpha value is -1.89. The first-order chi connectivity index (χ1) is 12.9. The average molecular weight is 393 g/mol. The van der Waals surface area contributed by atoms with Gasteiger partial charge in [0.15, 0.2) is 5.96 Å². The maximum Gasteiger partial charge on any atom is 0.241 e. The summed E-state index contributed by atoms with van der Waals surface area (Å²) in [6.07, 6.45) is 0. The molecular weight excluding hydrogens is 360 g/mol. The minimum Gasteiger partial charge on any atom is -0.497 e. The van der Waals surface area contributed by atoms with Crippen LogP contribution in [-0.4, -0.2) is 73.5 Å². The van der Waals surface area contributed by atoms with E-state index in [9.17, 15) is 4.79 Å². The molecular formula is C20H32N4O2S. The van der Waals surface area contributed by atoms with E-state index in [1.165, 1.54) is 0 Å². The number of benzene rings is 1. The predicted octanol–water partition coefficient (Wildman–Crippen LogP) is 2.30. The predicted molar refractivity (Wildman–Crippen MR) is 113 cm³/mol. The molecule has 1 unspecified atom stereocenters. The molecule has 0 aliphatic carbocycles. The molecule has 1 aromatic rings. The zero-order valence-corrected chi connectivity index (χ0v) is 17.9. The quantitative estimate of drug-likeness (QED) is 0.595. The first-order valence-electron chi connectivity index (χ1n) is 9.38. The summed E-state index contributed by atoms with van der Waals surface area (Å²) in [5.74, 6) is 3.38. The van der Waals surface area contributed by atoms with Gasteiger partial charge in [-0.3, -0.25) is 4.79 Å². The minimum atomic E-state index is 0.0407. The molecule has 1 fully saturated rings. The summed E-state index contributed by atoms with van der Waals surface area (Å²) >= 11 is 2.03. The van der Waals surface area contributed by atoms with Crippen LogP contribution in [0.1, 0.15) is 19.4 Å². The highest BCUT2D eigenvalue weighted by Gasteiger charge is 2.25. The molecule has 0 radical (unpaired) electrons. The number of guanidine groups is 1. The van der Waals surface area contributed by atoms with Crippen LogP contribution in [-0.2, 0) is 11.3 Å². The van der Waals surface area contributed by atoms with E-state index >= 15 is 0 Å². The lowest BCUT2D eigenvalue weighted by Crippen LogP contribution is -2.50. The number of thioether (sulfide) groups is 1. The molecule has 6 nitrogen and oxygen atoms in total. The van der Waals surface area contributed by atoms with Crippen LogP contribution in [0.2, 0.25) is 0 Å². The number of nitrogens with zero attached hydrogens (tertiary/aromatic N) is 3. The summed E-state index contributed by atoms with van der Waals surface area (Å²) in [6, 6.07) is 7.93. The molecule has 1 aliphatic rings. The summed E-state index contributed by atoms with van der Waals surface area (Å²) in [7, 11) is 5.20. The topological polar surface area (TPSA) is 57.2 Å². The number of aliphatic imine (C=N–C) groups is 1. The van der Waals surface area contributed by atoms with Gasteiger partial charge < -0.3 is 19.9 Å². The number of methoxy groups -OCH3 is 1. The van der Waals surface area contributed by atoms with Crippen LogP contribution >= 0.6 is 11.8 Å².